The summed E-state index contributed by atoms with van der Waals surface area (Å²) in [7, 11) is 0. The van der Waals surface area contributed by atoms with Crippen molar-refractivity contribution in [1.82, 2.24) is 14.9 Å². The van der Waals surface area contributed by atoms with Crippen molar-refractivity contribution in [3.05, 3.63) is 41.9 Å². The number of carbonyl (C=O) groups is 1. The molecule has 3 rings (SSSR count). The lowest BCUT2D eigenvalue weighted by atomic mass is 10.1. The minimum atomic E-state index is -0.148. The van der Waals surface area contributed by atoms with Crippen LogP contribution in [0.2, 0.25) is 0 Å². The van der Waals surface area contributed by atoms with Gasteiger partial charge in [0.1, 0.15) is 17.7 Å². The maximum atomic E-state index is 12.7. The van der Waals surface area contributed by atoms with Crippen molar-refractivity contribution in [3.63, 3.8) is 0 Å². The van der Waals surface area contributed by atoms with Gasteiger partial charge in [0.25, 0.3) is 0 Å². The van der Waals surface area contributed by atoms with Crippen LogP contribution in [0.15, 0.2) is 30.3 Å². The van der Waals surface area contributed by atoms with Crippen LogP contribution in [0, 0.1) is 13.8 Å². The zero-order chi connectivity index (χ0) is 19.2. The van der Waals surface area contributed by atoms with Crippen LogP contribution in [0.4, 0.5) is 10.5 Å². The number of aromatic nitrogens is 2. The highest BCUT2D eigenvalue weighted by Gasteiger charge is 2.26. The van der Waals surface area contributed by atoms with Crippen LogP contribution in [-0.4, -0.2) is 46.7 Å². The molecular weight excluding hydrogens is 344 g/mol. The monoisotopic (exact) mass is 370 g/mol. The second-order valence-corrected chi connectivity index (χ2v) is 6.58. The van der Waals surface area contributed by atoms with E-state index in [1.807, 2.05) is 51.1 Å². The van der Waals surface area contributed by atoms with Crippen LogP contribution >= 0.6 is 0 Å². The van der Waals surface area contributed by atoms with Crippen molar-refractivity contribution in [3.8, 4) is 11.6 Å². The number of hydrogen-bond donors (Lipinski definition) is 1. The van der Waals surface area contributed by atoms with Gasteiger partial charge in [0.2, 0.25) is 5.88 Å². The first kappa shape index (κ1) is 18.9. The second-order valence-electron chi connectivity index (χ2n) is 6.58. The van der Waals surface area contributed by atoms with E-state index in [9.17, 15) is 4.79 Å². The van der Waals surface area contributed by atoms with Crippen molar-refractivity contribution in [2.45, 2.75) is 39.7 Å². The number of para-hydroxylation sites is 2. The Morgan fingerprint density at radius 3 is 2.89 bits per heavy atom. The van der Waals surface area contributed by atoms with Crippen molar-refractivity contribution >= 4 is 11.7 Å². The average Bonchev–Trinajstić information content (AvgIpc) is 2.63. The minimum absolute atomic E-state index is 0.0830. The van der Waals surface area contributed by atoms with Gasteiger partial charge in [0.05, 0.1) is 18.8 Å². The molecule has 2 heterocycles. The number of likely N-dealkylation sites (tertiary alicyclic amines) is 1. The van der Waals surface area contributed by atoms with E-state index < -0.39 is 0 Å². The second kappa shape index (κ2) is 8.70. The Labute approximate surface area is 159 Å². The number of benzene rings is 1. The van der Waals surface area contributed by atoms with Crippen LogP contribution in [0.3, 0.4) is 0 Å². The highest BCUT2D eigenvalue weighted by Crippen LogP contribution is 2.25. The summed E-state index contributed by atoms with van der Waals surface area (Å²) in [5.41, 5.74) is 1.55. The number of amides is 2. The number of urea groups is 1. The van der Waals surface area contributed by atoms with Gasteiger partial charge in [0, 0.05) is 18.3 Å². The van der Waals surface area contributed by atoms with Crippen molar-refractivity contribution in [2.24, 2.45) is 0 Å². The molecule has 0 aliphatic carbocycles. The summed E-state index contributed by atoms with van der Waals surface area (Å²) < 4.78 is 11.6. The Kier molecular flexibility index (Phi) is 6.11. The molecule has 2 aromatic rings. The number of nitrogens with one attached hydrogen (secondary N) is 1. The molecular formula is C20H26N4O3. The topological polar surface area (TPSA) is 76.6 Å². The summed E-state index contributed by atoms with van der Waals surface area (Å²) in [4.78, 5) is 23.1. The summed E-state index contributed by atoms with van der Waals surface area (Å²) in [6.07, 6.45) is 1.69. The van der Waals surface area contributed by atoms with Crippen LogP contribution in [-0.2, 0) is 0 Å². The maximum absolute atomic E-state index is 12.7. The zero-order valence-electron chi connectivity index (χ0n) is 16.1. The third-order valence-electron chi connectivity index (χ3n) is 4.32. The molecule has 1 N–H and O–H groups in total. The van der Waals surface area contributed by atoms with Crippen LogP contribution < -0.4 is 14.8 Å². The number of hydrogen-bond acceptors (Lipinski definition) is 5. The van der Waals surface area contributed by atoms with Crippen molar-refractivity contribution in [1.29, 1.82) is 0 Å². The molecule has 144 valence electrons. The fourth-order valence-corrected chi connectivity index (χ4v) is 3.18. The molecule has 0 saturated carbocycles. The highest BCUT2D eigenvalue weighted by atomic mass is 16.5. The molecule has 1 fully saturated rings. The molecule has 0 bridgehead atoms. The Balaban J connectivity index is 1.63. The van der Waals surface area contributed by atoms with Gasteiger partial charge in [-0.2, -0.15) is 4.98 Å². The first-order chi connectivity index (χ1) is 13.0. The number of rotatable bonds is 5. The van der Waals surface area contributed by atoms with Gasteiger partial charge in [-0.15, -0.1) is 0 Å². The fourth-order valence-electron chi connectivity index (χ4n) is 3.18. The SMILES string of the molecule is CCOc1ccccc1NC(=O)N1CCCC(Oc2cc(C)nc(C)n2)C1. The molecule has 1 aliphatic heterocycles. The Bertz CT molecular complexity index is 776. The number of piperidine rings is 1. The summed E-state index contributed by atoms with van der Waals surface area (Å²) in [6, 6.07) is 9.13. The number of ether oxygens (including phenoxy) is 2. The van der Waals surface area contributed by atoms with E-state index >= 15 is 0 Å². The lowest BCUT2D eigenvalue weighted by molar-refractivity contribution is 0.102. The lowest BCUT2D eigenvalue weighted by Crippen LogP contribution is -2.46. The number of aryl methyl sites for hydroxylation is 2. The minimum Gasteiger partial charge on any atom is -0.492 e. The van der Waals surface area contributed by atoms with Gasteiger partial charge in [-0.25, -0.2) is 9.78 Å². The van der Waals surface area contributed by atoms with Crippen LogP contribution in [0.25, 0.3) is 0 Å². The van der Waals surface area contributed by atoms with Crippen LogP contribution in [0.1, 0.15) is 31.3 Å². The first-order valence-corrected chi connectivity index (χ1v) is 9.32. The van der Waals surface area contributed by atoms with E-state index in [2.05, 4.69) is 15.3 Å². The third-order valence-corrected chi connectivity index (χ3v) is 4.32. The van der Waals surface area contributed by atoms with Crippen molar-refractivity contribution < 1.29 is 14.3 Å². The van der Waals surface area contributed by atoms with Crippen LogP contribution in [0.5, 0.6) is 11.6 Å². The fraction of sp³-hybridized carbons (Fsp3) is 0.450. The first-order valence-electron chi connectivity index (χ1n) is 9.32. The summed E-state index contributed by atoms with van der Waals surface area (Å²) >= 11 is 0. The van der Waals surface area contributed by atoms with Gasteiger partial charge in [-0.05, 0) is 45.7 Å². The summed E-state index contributed by atoms with van der Waals surface area (Å²) in [5, 5.41) is 2.95. The van der Waals surface area contributed by atoms with E-state index in [0.29, 0.717) is 42.8 Å². The van der Waals surface area contributed by atoms with E-state index in [1.54, 1.807) is 4.90 Å². The Hall–Kier alpha value is -2.83. The van der Waals surface area contributed by atoms with E-state index in [-0.39, 0.29) is 12.1 Å². The molecule has 7 heteroatoms. The smallest absolute Gasteiger partial charge is 0.322 e. The van der Waals surface area contributed by atoms with Crippen molar-refractivity contribution in [2.75, 3.05) is 25.0 Å². The maximum Gasteiger partial charge on any atom is 0.322 e. The number of anilines is 1. The van der Waals surface area contributed by atoms with Gasteiger partial charge in [-0.3, -0.25) is 0 Å². The van der Waals surface area contributed by atoms with E-state index in [1.165, 1.54) is 0 Å². The molecule has 7 nitrogen and oxygen atoms in total. The summed E-state index contributed by atoms with van der Waals surface area (Å²) in [5.74, 6) is 1.92. The molecule has 1 aliphatic rings. The summed E-state index contributed by atoms with van der Waals surface area (Å²) in [6.45, 7) is 7.44. The number of carbonyl (C=O) groups excluding carboxylic acids is 1. The van der Waals surface area contributed by atoms with Gasteiger partial charge in [-0.1, -0.05) is 12.1 Å². The molecule has 1 saturated heterocycles. The lowest BCUT2D eigenvalue weighted by Gasteiger charge is -2.32. The quantitative estimate of drug-likeness (QED) is 0.871. The Morgan fingerprint density at radius 2 is 2.11 bits per heavy atom. The molecule has 0 radical (unpaired) electrons. The molecule has 2 amide bonds. The average molecular weight is 370 g/mol. The predicted molar refractivity (Wildman–Crippen MR) is 103 cm³/mol. The molecule has 1 atom stereocenters. The molecule has 0 spiro atoms. The molecule has 1 aromatic heterocycles. The van der Waals surface area contributed by atoms with Gasteiger partial charge < -0.3 is 19.7 Å². The predicted octanol–water partition coefficient (Wildman–Crippen LogP) is 3.57. The van der Waals surface area contributed by atoms with E-state index in [0.717, 1.165) is 18.5 Å². The molecule has 1 aromatic carbocycles. The molecule has 27 heavy (non-hydrogen) atoms. The normalized spacial score (nSPS) is 16.7. The third kappa shape index (κ3) is 5.09. The zero-order valence-corrected chi connectivity index (χ0v) is 16.1. The van der Waals surface area contributed by atoms with E-state index in [4.69, 9.17) is 9.47 Å². The standard InChI is InChI=1S/C20H26N4O3/c1-4-26-18-10-6-5-9-17(18)23-20(25)24-11-7-8-16(13-24)27-19-12-14(2)21-15(3)22-19/h5-6,9-10,12,16H,4,7-8,11,13H2,1-3H3,(H,23,25). The Morgan fingerprint density at radius 1 is 1.30 bits per heavy atom. The number of nitrogens with zero attached hydrogens (tertiary/aromatic N) is 3. The largest absolute Gasteiger partial charge is 0.492 e. The van der Waals surface area contributed by atoms with Gasteiger partial charge >= 0.3 is 6.03 Å². The molecule has 1 unspecified atom stereocenters. The highest BCUT2D eigenvalue weighted by molar-refractivity contribution is 5.91. The van der Waals surface area contributed by atoms with Gasteiger partial charge in [0.15, 0.2) is 0 Å².